The average Bonchev–Trinajstić information content (AvgIpc) is 2.72. The van der Waals surface area contributed by atoms with Gasteiger partial charge < -0.3 is 14.8 Å². The van der Waals surface area contributed by atoms with E-state index in [2.05, 4.69) is 19.2 Å². The summed E-state index contributed by atoms with van der Waals surface area (Å²) in [6.45, 7) is 5.28. The summed E-state index contributed by atoms with van der Waals surface area (Å²) in [5.41, 5.74) is 2.07. The molecule has 2 rings (SSSR count). The molecule has 0 radical (unpaired) electrons. The number of para-hydroxylation sites is 2. The van der Waals surface area contributed by atoms with Gasteiger partial charge in [0, 0.05) is 5.69 Å². The second-order valence-corrected chi connectivity index (χ2v) is 6.41. The van der Waals surface area contributed by atoms with Gasteiger partial charge in [-0.3, -0.25) is 4.79 Å². The van der Waals surface area contributed by atoms with Crippen LogP contribution in [0.2, 0.25) is 0 Å². The Morgan fingerprint density at radius 2 is 1.79 bits per heavy atom. The lowest BCUT2D eigenvalue weighted by atomic mass is 9.97. The molecule has 2 aromatic rings. The van der Waals surface area contributed by atoms with E-state index >= 15 is 0 Å². The Morgan fingerprint density at radius 1 is 1.11 bits per heavy atom. The highest BCUT2D eigenvalue weighted by atomic mass is 16.6. The molecule has 2 atom stereocenters. The van der Waals surface area contributed by atoms with Gasteiger partial charge in [0.05, 0.1) is 5.56 Å². The minimum atomic E-state index is -0.979. The van der Waals surface area contributed by atoms with Crippen molar-refractivity contribution in [1.29, 1.82) is 5.26 Å². The zero-order valence-corrected chi connectivity index (χ0v) is 16.3. The standard InChI is InChI=1S/C22H24N2O4/c1-4-15(2)18-10-6-7-11-19(18)24-22(26)16(3)28-21(25)14-27-20-12-8-5-9-17(20)13-23/h5-12,15-16H,4,14H2,1-3H3,(H,24,26)/t15-,16-/m1/s1. The number of nitrogens with one attached hydrogen (secondary N) is 1. The quantitative estimate of drug-likeness (QED) is 0.699. The van der Waals surface area contributed by atoms with Crippen molar-refractivity contribution in [1.82, 2.24) is 0 Å². The van der Waals surface area contributed by atoms with Crippen LogP contribution in [0.1, 0.15) is 44.2 Å². The Bertz CT molecular complexity index is 873. The van der Waals surface area contributed by atoms with Crippen molar-refractivity contribution in [3.63, 3.8) is 0 Å². The van der Waals surface area contributed by atoms with Crippen LogP contribution in [0.4, 0.5) is 5.69 Å². The van der Waals surface area contributed by atoms with Crippen LogP contribution in [-0.4, -0.2) is 24.6 Å². The van der Waals surface area contributed by atoms with Gasteiger partial charge in [-0.25, -0.2) is 4.79 Å². The summed E-state index contributed by atoms with van der Waals surface area (Å²) in [7, 11) is 0. The number of carbonyl (C=O) groups is 2. The van der Waals surface area contributed by atoms with Gasteiger partial charge in [-0.2, -0.15) is 5.26 Å². The van der Waals surface area contributed by atoms with Crippen molar-refractivity contribution >= 4 is 17.6 Å². The zero-order valence-electron chi connectivity index (χ0n) is 16.3. The molecular weight excluding hydrogens is 356 g/mol. The molecule has 28 heavy (non-hydrogen) atoms. The molecule has 0 unspecified atom stereocenters. The van der Waals surface area contributed by atoms with E-state index in [9.17, 15) is 9.59 Å². The van der Waals surface area contributed by atoms with E-state index in [1.807, 2.05) is 30.3 Å². The second-order valence-electron chi connectivity index (χ2n) is 6.41. The highest BCUT2D eigenvalue weighted by Crippen LogP contribution is 2.26. The minimum Gasteiger partial charge on any atom is -0.481 e. The molecule has 0 heterocycles. The Labute approximate surface area is 165 Å². The van der Waals surface area contributed by atoms with E-state index in [4.69, 9.17) is 14.7 Å². The van der Waals surface area contributed by atoms with Gasteiger partial charge in [0.15, 0.2) is 12.7 Å². The first-order valence-electron chi connectivity index (χ1n) is 9.17. The maximum absolute atomic E-state index is 12.4. The van der Waals surface area contributed by atoms with Gasteiger partial charge in [0.2, 0.25) is 0 Å². The van der Waals surface area contributed by atoms with E-state index in [1.54, 1.807) is 24.3 Å². The summed E-state index contributed by atoms with van der Waals surface area (Å²) in [5, 5.41) is 11.8. The summed E-state index contributed by atoms with van der Waals surface area (Å²) in [6, 6.07) is 16.1. The smallest absolute Gasteiger partial charge is 0.344 e. The normalized spacial score (nSPS) is 12.4. The topological polar surface area (TPSA) is 88.4 Å². The van der Waals surface area contributed by atoms with Crippen LogP contribution in [0.3, 0.4) is 0 Å². The molecule has 0 fully saturated rings. The number of benzene rings is 2. The van der Waals surface area contributed by atoms with Crippen LogP contribution >= 0.6 is 0 Å². The number of nitrogens with zero attached hydrogens (tertiary/aromatic N) is 1. The molecule has 0 spiro atoms. The lowest BCUT2D eigenvalue weighted by Gasteiger charge is -2.18. The molecule has 0 bridgehead atoms. The third kappa shape index (κ3) is 5.58. The molecule has 0 saturated heterocycles. The van der Waals surface area contributed by atoms with E-state index in [0.717, 1.165) is 12.0 Å². The molecule has 2 aromatic carbocycles. The maximum atomic E-state index is 12.4. The Morgan fingerprint density at radius 3 is 2.50 bits per heavy atom. The molecule has 146 valence electrons. The molecule has 1 N–H and O–H groups in total. The monoisotopic (exact) mass is 380 g/mol. The van der Waals surface area contributed by atoms with E-state index in [0.29, 0.717) is 22.9 Å². The van der Waals surface area contributed by atoms with Crippen LogP contribution < -0.4 is 10.1 Å². The lowest BCUT2D eigenvalue weighted by molar-refractivity contribution is -0.155. The van der Waals surface area contributed by atoms with Crippen molar-refractivity contribution in [3.8, 4) is 11.8 Å². The predicted molar refractivity (Wildman–Crippen MR) is 106 cm³/mol. The van der Waals surface area contributed by atoms with Gasteiger partial charge in [0.1, 0.15) is 11.8 Å². The van der Waals surface area contributed by atoms with Gasteiger partial charge in [-0.1, -0.05) is 44.2 Å². The molecule has 6 nitrogen and oxygen atoms in total. The highest BCUT2D eigenvalue weighted by Gasteiger charge is 2.20. The Kier molecular flexibility index (Phi) is 7.58. The molecule has 0 aromatic heterocycles. The number of hydrogen-bond acceptors (Lipinski definition) is 5. The van der Waals surface area contributed by atoms with Crippen LogP contribution in [0, 0.1) is 11.3 Å². The predicted octanol–water partition coefficient (Wildman–Crippen LogP) is 4.02. The third-order valence-electron chi connectivity index (χ3n) is 4.39. The van der Waals surface area contributed by atoms with Crippen LogP contribution in [0.15, 0.2) is 48.5 Å². The van der Waals surface area contributed by atoms with Gasteiger partial charge in [-0.05, 0) is 43.0 Å². The average molecular weight is 380 g/mol. The summed E-state index contributed by atoms with van der Waals surface area (Å²) >= 11 is 0. The van der Waals surface area contributed by atoms with Gasteiger partial charge in [0.25, 0.3) is 5.91 Å². The van der Waals surface area contributed by atoms with Crippen LogP contribution in [0.5, 0.6) is 5.75 Å². The summed E-state index contributed by atoms with van der Waals surface area (Å²) < 4.78 is 10.5. The van der Waals surface area contributed by atoms with Crippen molar-refractivity contribution < 1.29 is 19.1 Å². The first-order valence-corrected chi connectivity index (χ1v) is 9.17. The van der Waals surface area contributed by atoms with Gasteiger partial charge in [-0.15, -0.1) is 0 Å². The van der Waals surface area contributed by atoms with E-state index in [-0.39, 0.29) is 6.61 Å². The molecule has 1 amide bonds. The van der Waals surface area contributed by atoms with Crippen molar-refractivity contribution in [2.24, 2.45) is 0 Å². The molecule has 0 aliphatic rings. The first kappa shape index (κ1) is 21.0. The van der Waals surface area contributed by atoms with E-state index in [1.165, 1.54) is 6.92 Å². The molecule has 0 saturated carbocycles. The van der Waals surface area contributed by atoms with Crippen LogP contribution in [-0.2, 0) is 14.3 Å². The number of amides is 1. The number of hydrogen-bond donors (Lipinski definition) is 1. The fourth-order valence-electron chi connectivity index (χ4n) is 2.60. The highest BCUT2D eigenvalue weighted by molar-refractivity contribution is 5.95. The van der Waals surface area contributed by atoms with Gasteiger partial charge >= 0.3 is 5.97 Å². The third-order valence-corrected chi connectivity index (χ3v) is 4.39. The van der Waals surface area contributed by atoms with Crippen LogP contribution in [0.25, 0.3) is 0 Å². The molecule has 6 heteroatoms. The zero-order chi connectivity index (χ0) is 20.5. The number of rotatable bonds is 8. The summed E-state index contributed by atoms with van der Waals surface area (Å²) in [4.78, 5) is 24.4. The Hall–Kier alpha value is -3.33. The second kappa shape index (κ2) is 10.1. The maximum Gasteiger partial charge on any atom is 0.344 e. The number of esters is 1. The SMILES string of the molecule is CC[C@@H](C)c1ccccc1NC(=O)[C@@H](C)OC(=O)COc1ccccc1C#N. The number of ether oxygens (including phenoxy) is 2. The van der Waals surface area contributed by atoms with E-state index < -0.39 is 18.0 Å². The number of nitriles is 1. The first-order chi connectivity index (χ1) is 13.5. The Balaban J connectivity index is 1.92. The fourth-order valence-corrected chi connectivity index (χ4v) is 2.60. The van der Waals surface area contributed by atoms with Crippen molar-refractivity contribution in [2.75, 3.05) is 11.9 Å². The fraction of sp³-hybridized carbons (Fsp3) is 0.318. The summed E-state index contributed by atoms with van der Waals surface area (Å²) in [6.07, 6.45) is -0.0360. The van der Waals surface area contributed by atoms with Crippen molar-refractivity contribution in [3.05, 3.63) is 59.7 Å². The minimum absolute atomic E-state index is 0.293. The largest absolute Gasteiger partial charge is 0.481 e. The molecular formula is C22H24N2O4. The molecule has 0 aliphatic carbocycles. The molecule has 0 aliphatic heterocycles. The lowest BCUT2D eigenvalue weighted by Crippen LogP contribution is -2.32. The van der Waals surface area contributed by atoms with Crippen molar-refractivity contribution in [2.45, 2.75) is 39.2 Å². The summed E-state index contributed by atoms with van der Waals surface area (Å²) in [5.74, 6) is -0.517. The number of carbonyl (C=O) groups excluding carboxylic acids is 2. The number of anilines is 1.